The second-order valence-electron chi connectivity index (χ2n) is 7.61. The molecule has 0 fully saturated rings. The number of rotatable bonds is 10. The van der Waals surface area contributed by atoms with Crippen molar-refractivity contribution in [3.05, 3.63) is 84.9 Å². The van der Waals surface area contributed by atoms with Gasteiger partial charge in [-0.2, -0.15) is 4.98 Å². The summed E-state index contributed by atoms with van der Waals surface area (Å²) in [5.74, 6) is 2.83. The Hall–Kier alpha value is -3.85. The Labute approximate surface area is 199 Å². The van der Waals surface area contributed by atoms with Crippen LogP contribution in [0.1, 0.15) is 25.6 Å². The topological polar surface area (TPSA) is 95.3 Å². The van der Waals surface area contributed by atoms with Crippen molar-refractivity contribution < 1.29 is 17.9 Å². The first-order valence-corrected chi connectivity index (χ1v) is 12.4. The maximum atomic E-state index is 12.7. The molecule has 4 rings (SSSR count). The van der Waals surface area contributed by atoms with Gasteiger partial charge in [-0.05, 0) is 74.0 Å². The van der Waals surface area contributed by atoms with E-state index in [1.54, 1.807) is 49.4 Å². The van der Waals surface area contributed by atoms with Crippen molar-refractivity contribution in [2.75, 3.05) is 11.3 Å². The zero-order valence-corrected chi connectivity index (χ0v) is 19.8. The Morgan fingerprint density at radius 1 is 0.941 bits per heavy atom. The Morgan fingerprint density at radius 2 is 1.62 bits per heavy atom. The van der Waals surface area contributed by atoms with E-state index in [0.717, 1.165) is 12.8 Å². The van der Waals surface area contributed by atoms with Gasteiger partial charge in [0.2, 0.25) is 5.88 Å². The number of aromatic nitrogens is 3. The van der Waals surface area contributed by atoms with Gasteiger partial charge in [0.1, 0.15) is 23.1 Å². The Morgan fingerprint density at radius 3 is 2.29 bits per heavy atom. The highest BCUT2D eigenvalue weighted by molar-refractivity contribution is 7.92. The van der Waals surface area contributed by atoms with Crippen molar-refractivity contribution in [3.8, 4) is 23.2 Å². The molecule has 0 aliphatic carbocycles. The molecule has 2 aromatic heterocycles. The quantitative estimate of drug-likeness (QED) is 0.309. The van der Waals surface area contributed by atoms with E-state index >= 15 is 0 Å². The van der Waals surface area contributed by atoms with Gasteiger partial charge in [-0.1, -0.05) is 13.3 Å². The summed E-state index contributed by atoms with van der Waals surface area (Å²) in [6.07, 6.45) is 5.76. The molecule has 0 amide bonds. The van der Waals surface area contributed by atoms with Gasteiger partial charge in [0.25, 0.3) is 10.0 Å². The number of nitrogens with zero attached hydrogens (tertiary/aromatic N) is 3. The minimum absolute atomic E-state index is 0.157. The van der Waals surface area contributed by atoms with Gasteiger partial charge in [0.05, 0.1) is 11.5 Å². The average Bonchev–Trinajstić information content (AvgIpc) is 3.36. The maximum Gasteiger partial charge on any atom is 0.261 e. The van der Waals surface area contributed by atoms with Crippen LogP contribution in [0, 0.1) is 6.92 Å². The summed E-state index contributed by atoms with van der Waals surface area (Å²) in [7, 11) is -3.73. The lowest BCUT2D eigenvalue weighted by Crippen LogP contribution is -2.12. The fraction of sp³-hybridized carbons (Fsp3) is 0.200. The molecule has 0 aliphatic rings. The molecule has 176 valence electrons. The number of nitrogens with one attached hydrogen (secondary N) is 1. The highest BCUT2D eigenvalue weighted by Gasteiger charge is 2.14. The van der Waals surface area contributed by atoms with Crippen molar-refractivity contribution >= 4 is 15.7 Å². The lowest BCUT2D eigenvalue weighted by molar-refractivity contribution is 0.309. The largest absolute Gasteiger partial charge is 0.494 e. The molecular formula is C25H26N4O4S. The van der Waals surface area contributed by atoms with Crippen LogP contribution in [-0.4, -0.2) is 29.6 Å². The maximum absolute atomic E-state index is 12.7. The van der Waals surface area contributed by atoms with Crippen LogP contribution in [0.3, 0.4) is 0 Å². The molecule has 4 aromatic rings. The van der Waals surface area contributed by atoms with Crippen molar-refractivity contribution in [3.63, 3.8) is 0 Å². The molecule has 1 N–H and O–H groups in total. The third kappa shape index (κ3) is 5.93. The number of sulfonamides is 1. The molecular weight excluding hydrogens is 452 g/mol. The first-order valence-electron chi connectivity index (χ1n) is 11.0. The van der Waals surface area contributed by atoms with Gasteiger partial charge < -0.3 is 14.0 Å². The van der Waals surface area contributed by atoms with Crippen LogP contribution < -0.4 is 14.2 Å². The molecule has 0 aliphatic heterocycles. The summed E-state index contributed by atoms with van der Waals surface area (Å²) >= 11 is 0. The minimum atomic E-state index is -3.73. The first-order chi connectivity index (χ1) is 16.4. The second kappa shape index (κ2) is 10.4. The Kier molecular flexibility index (Phi) is 7.12. The molecule has 9 heteroatoms. The van der Waals surface area contributed by atoms with Gasteiger partial charge in [-0.15, -0.1) is 0 Å². The normalized spacial score (nSPS) is 11.2. The SMILES string of the molecule is CCCCOc1ccc(S(=O)(=O)Nc2ccc(Oc3cc(-n4cccc4)nc(C)n3)cc2)cc1. The molecule has 8 nitrogen and oxygen atoms in total. The predicted molar refractivity (Wildman–Crippen MR) is 130 cm³/mol. The number of unbranched alkanes of at least 4 members (excludes halogenated alkanes) is 1. The van der Waals surface area contributed by atoms with Crippen molar-refractivity contribution in [2.45, 2.75) is 31.6 Å². The average molecular weight is 479 g/mol. The lowest BCUT2D eigenvalue weighted by Gasteiger charge is -2.11. The minimum Gasteiger partial charge on any atom is -0.494 e. The first kappa shape index (κ1) is 23.3. The Bertz CT molecular complexity index is 1320. The van der Waals surface area contributed by atoms with E-state index in [2.05, 4.69) is 21.6 Å². The lowest BCUT2D eigenvalue weighted by atomic mass is 10.3. The predicted octanol–water partition coefficient (Wildman–Crippen LogP) is 5.35. The van der Waals surface area contributed by atoms with Gasteiger partial charge in [-0.3, -0.25) is 4.72 Å². The standard InChI is InChI=1S/C25H26N4O4S/c1-3-4-17-32-21-11-13-23(14-12-21)34(30,31)28-20-7-9-22(10-8-20)33-25-18-24(26-19(2)27-25)29-15-5-6-16-29/h5-16,18,28H,3-4,17H2,1-2H3. The van der Waals surface area contributed by atoms with Gasteiger partial charge in [0.15, 0.2) is 0 Å². The highest BCUT2D eigenvalue weighted by Crippen LogP contribution is 2.25. The highest BCUT2D eigenvalue weighted by atomic mass is 32.2. The molecule has 0 bridgehead atoms. The number of benzene rings is 2. The fourth-order valence-corrected chi connectivity index (χ4v) is 4.23. The van der Waals surface area contributed by atoms with Crippen LogP contribution in [0.25, 0.3) is 5.82 Å². The van der Waals surface area contributed by atoms with Gasteiger partial charge in [-0.25, -0.2) is 13.4 Å². The third-order valence-electron chi connectivity index (χ3n) is 4.90. The van der Waals surface area contributed by atoms with Gasteiger partial charge in [0, 0.05) is 24.1 Å². The molecule has 0 saturated carbocycles. The summed E-state index contributed by atoms with van der Waals surface area (Å²) in [4.78, 5) is 8.89. The van der Waals surface area contributed by atoms with E-state index < -0.39 is 10.0 Å². The number of aryl methyl sites for hydroxylation is 1. The van der Waals surface area contributed by atoms with E-state index in [4.69, 9.17) is 9.47 Å². The number of hydrogen-bond acceptors (Lipinski definition) is 6. The van der Waals surface area contributed by atoms with E-state index in [0.29, 0.717) is 41.3 Å². The fourth-order valence-electron chi connectivity index (χ4n) is 3.17. The van der Waals surface area contributed by atoms with E-state index in [-0.39, 0.29) is 4.90 Å². The van der Waals surface area contributed by atoms with E-state index in [9.17, 15) is 8.42 Å². The molecule has 0 unspecified atom stereocenters. The molecule has 0 radical (unpaired) electrons. The van der Waals surface area contributed by atoms with Crippen molar-refractivity contribution in [2.24, 2.45) is 0 Å². The number of hydrogen-bond donors (Lipinski definition) is 1. The summed E-state index contributed by atoms with van der Waals surface area (Å²) in [6, 6.07) is 18.6. The summed E-state index contributed by atoms with van der Waals surface area (Å²) in [5.41, 5.74) is 0.419. The molecule has 0 atom stereocenters. The van der Waals surface area contributed by atoms with Crippen LogP contribution in [0.15, 0.2) is 84.0 Å². The molecule has 0 spiro atoms. The van der Waals surface area contributed by atoms with Crippen molar-refractivity contribution in [1.82, 2.24) is 14.5 Å². The van der Waals surface area contributed by atoms with Crippen LogP contribution >= 0.6 is 0 Å². The zero-order chi connectivity index (χ0) is 24.0. The molecule has 2 aromatic carbocycles. The van der Waals surface area contributed by atoms with Crippen molar-refractivity contribution in [1.29, 1.82) is 0 Å². The number of ether oxygens (including phenoxy) is 2. The van der Waals surface area contributed by atoms with E-state index in [1.165, 1.54) is 12.1 Å². The Balaban J connectivity index is 1.42. The van der Waals surface area contributed by atoms with Crippen LogP contribution in [-0.2, 0) is 10.0 Å². The molecule has 34 heavy (non-hydrogen) atoms. The van der Waals surface area contributed by atoms with Crippen LogP contribution in [0.2, 0.25) is 0 Å². The third-order valence-corrected chi connectivity index (χ3v) is 6.30. The van der Waals surface area contributed by atoms with Crippen LogP contribution in [0.4, 0.5) is 5.69 Å². The monoisotopic (exact) mass is 478 g/mol. The van der Waals surface area contributed by atoms with E-state index in [1.807, 2.05) is 29.1 Å². The molecule has 0 saturated heterocycles. The summed E-state index contributed by atoms with van der Waals surface area (Å²) in [5, 5.41) is 0. The zero-order valence-electron chi connectivity index (χ0n) is 19.0. The van der Waals surface area contributed by atoms with Crippen LogP contribution in [0.5, 0.6) is 17.4 Å². The number of anilines is 1. The second-order valence-corrected chi connectivity index (χ2v) is 9.29. The summed E-state index contributed by atoms with van der Waals surface area (Å²) in [6.45, 7) is 4.49. The summed E-state index contributed by atoms with van der Waals surface area (Å²) < 4.78 is 41.4. The molecule has 2 heterocycles. The smallest absolute Gasteiger partial charge is 0.261 e. The van der Waals surface area contributed by atoms with Gasteiger partial charge >= 0.3 is 0 Å².